The minimum atomic E-state index is -4.48. The van der Waals surface area contributed by atoms with Gasteiger partial charge < -0.3 is 14.2 Å². The number of aromatic nitrogens is 2. The number of alkyl halides is 3. The third-order valence-electron chi connectivity index (χ3n) is 3.26. The standard InChI is InChI=1S/C12H16F3N3O2/c13-12(14,15)8-20-11(19)18-4-1-10(2-5-18)7-17-6-3-16-9-17/h3,6,9-10H,1-2,4-5,7-8H2. The predicted molar refractivity (Wildman–Crippen MR) is 63.9 cm³/mol. The topological polar surface area (TPSA) is 47.4 Å². The Hall–Kier alpha value is -1.73. The van der Waals surface area contributed by atoms with Gasteiger partial charge in [-0.2, -0.15) is 13.2 Å². The summed E-state index contributed by atoms with van der Waals surface area (Å²) in [6, 6.07) is 0. The normalized spacial score (nSPS) is 17.2. The maximum absolute atomic E-state index is 12.0. The van der Waals surface area contributed by atoms with Crippen LogP contribution in [-0.2, 0) is 11.3 Å². The maximum Gasteiger partial charge on any atom is 0.422 e. The molecule has 112 valence electrons. The molecule has 0 radical (unpaired) electrons. The number of imidazole rings is 1. The number of piperidine rings is 1. The monoisotopic (exact) mass is 291 g/mol. The lowest BCUT2D eigenvalue weighted by Crippen LogP contribution is -2.40. The first kappa shape index (κ1) is 14.7. The summed E-state index contributed by atoms with van der Waals surface area (Å²) >= 11 is 0. The summed E-state index contributed by atoms with van der Waals surface area (Å²) in [5, 5.41) is 0. The highest BCUT2D eigenvalue weighted by Crippen LogP contribution is 2.20. The van der Waals surface area contributed by atoms with E-state index in [1.165, 1.54) is 4.90 Å². The van der Waals surface area contributed by atoms with Gasteiger partial charge in [-0.25, -0.2) is 9.78 Å². The molecule has 1 aliphatic heterocycles. The lowest BCUT2D eigenvalue weighted by Gasteiger charge is -2.31. The fourth-order valence-corrected chi connectivity index (χ4v) is 2.23. The average Bonchev–Trinajstić information content (AvgIpc) is 2.89. The number of nitrogens with zero attached hydrogens (tertiary/aromatic N) is 3. The molecule has 20 heavy (non-hydrogen) atoms. The van der Waals surface area contributed by atoms with Crippen LogP contribution in [0.3, 0.4) is 0 Å². The van der Waals surface area contributed by atoms with Crippen LogP contribution < -0.4 is 0 Å². The van der Waals surface area contributed by atoms with Crippen molar-refractivity contribution < 1.29 is 22.7 Å². The SMILES string of the molecule is O=C(OCC(F)(F)F)N1CCC(Cn2ccnc2)CC1. The van der Waals surface area contributed by atoms with Crippen molar-refractivity contribution in [3.63, 3.8) is 0 Å². The van der Waals surface area contributed by atoms with Crippen molar-refractivity contribution >= 4 is 6.09 Å². The van der Waals surface area contributed by atoms with Gasteiger partial charge in [0.25, 0.3) is 0 Å². The van der Waals surface area contributed by atoms with Gasteiger partial charge in [0, 0.05) is 32.0 Å². The lowest BCUT2D eigenvalue weighted by atomic mass is 9.97. The number of carbonyl (C=O) groups excluding carboxylic acids is 1. The highest BCUT2D eigenvalue weighted by Gasteiger charge is 2.31. The summed E-state index contributed by atoms with van der Waals surface area (Å²) < 4.78 is 42.1. The number of hydrogen-bond acceptors (Lipinski definition) is 3. The van der Waals surface area contributed by atoms with E-state index in [4.69, 9.17) is 0 Å². The Morgan fingerprint density at radius 3 is 2.60 bits per heavy atom. The van der Waals surface area contributed by atoms with Gasteiger partial charge in [-0.05, 0) is 18.8 Å². The summed E-state index contributed by atoms with van der Waals surface area (Å²) in [5.74, 6) is 0.399. The van der Waals surface area contributed by atoms with E-state index >= 15 is 0 Å². The fourth-order valence-electron chi connectivity index (χ4n) is 2.23. The molecule has 1 aliphatic rings. The smallest absolute Gasteiger partial charge is 0.422 e. The Labute approximate surface area is 114 Å². The van der Waals surface area contributed by atoms with E-state index in [-0.39, 0.29) is 0 Å². The highest BCUT2D eigenvalue weighted by atomic mass is 19.4. The molecule has 2 heterocycles. The van der Waals surface area contributed by atoms with Crippen LogP contribution in [0.15, 0.2) is 18.7 Å². The zero-order chi connectivity index (χ0) is 14.6. The molecule has 0 saturated carbocycles. The number of hydrogen-bond donors (Lipinski definition) is 0. The third kappa shape index (κ3) is 4.43. The van der Waals surface area contributed by atoms with Crippen LogP contribution in [-0.4, -0.2) is 46.4 Å². The Kier molecular flexibility index (Phi) is 4.51. The maximum atomic E-state index is 12.0. The molecule has 0 bridgehead atoms. The van der Waals surface area contributed by atoms with Gasteiger partial charge in [-0.15, -0.1) is 0 Å². The van der Waals surface area contributed by atoms with E-state index in [2.05, 4.69) is 9.72 Å². The van der Waals surface area contributed by atoms with Crippen molar-refractivity contribution in [3.8, 4) is 0 Å². The molecule has 0 atom stereocenters. The molecule has 8 heteroatoms. The summed E-state index contributed by atoms with van der Waals surface area (Å²) in [4.78, 5) is 16.7. The van der Waals surface area contributed by atoms with E-state index in [1.807, 2.05) is 10.8 Å². The van der Waals surface area contributed by atoms with E-state index in [9.17, 15) is 18.0 Å². The first-order valence-corrected chi connectivity index (χ1v) is 6.38. The minimum absolute atomic E-state index is 0.399. The predicted octanol–water partition coefficient (Wildman–Crippen LogP) is 2.29. The first-order valence-electron chi connectivity index (χ1n) is 6.38. The van der Waals surface area contributed by atoms with Crippen molar-refractivity contribution in [2.45, 2.75) is 25.6 Å². The summed E-state index contributed by atoms with van der Waals surface area (Å²) in [6.07, 6.45) is 1.43. The number of ether oxygens (including phenoxy) is 1. The molecule has 1 aromatic rings. The summed E-state index contributed by atoms with van der Waals surface area (Å²) in [6.45, 7) is 0.137. The first-order chi connectivity index (χ1) is 9.44. The van der Waals surface area contributed by atoms with Gasteiger partial charge in [-0.3, -0.25) is 0 Å². The van der Waals surface area contributed by atoms with Crippen LogP contribution in [0.1, 0.15) is 12.8 Å². The molecule has 5 nitrogen and oxygen atoms in total. The second kappa shape index (κ2) is 6.15. The molecular weight excluding hydrogens is 275 g/mol. The molecule has 1 aromatic heterocycles. The van der Waals surface area contributed by atoms with Crippen molar-refractivity contribution in [2.75, 3.05) is 19.7 Å². The molecule has 0 N–H and O–H groups in total. The summed E-state index contributed by atoms with van der Waals surface area (Å²) in [7, 11) is 0. The minimum Gasteiger partial charge on any atom is -0.440 e. The van der Waals surface area contributed by atoms with Gasteiger partial charge in [0.2, 0.25) is 0 Å². The largest absolute Gasteiger partial charge is 0.440 e. The number of rotatable bonds is 3. The Balaban J connectivity index is 1.72. The van der Waals surface area contributed by atoms with Crippen LogP contribution in [0.2, 0.25) is 0 Å². The third-order valence-corrected chi connectivity index (χ3v) is 3.26. The van der Waals surface area contributed by atoms with Crippen molar-refractivity contribution in [3.05, 3.63) is 18.7 Å². The number of likely N-dealkylation sites (tertiary alicyclic amines) is 1. The Bertz CT molecular complexity index is 426. The number of carbonyl (C=O) groups is 1. The van der Waals surface area contributed by atoms with Crippen molar-refractivity contribution in [2.24, 2.45) is 5.92 Å². The quantitative estimate of drug-likeness (QED) is 0.858. The Morgan fingerprint density at radius 1 is 1.35 bits per heavy atom. The molecule has 0 aromatic carbocycles. The molecule has 0 spiro atoms. The van der Waals surface area contributed by atoms with Crippen LogP contribution in [0, 0.1) is 5.92 Å². The number of amides is 1. The van der Waals surface area contributed by atoms with Gasteiger partial charge in [0.1, 0.15) is 0 Å². The van der Waals surface area contributed by atoms with Gasteiger partial charge in [-0.1, -0.05) is 0 Å². The van der Waals surface area contributed by atoms with E-state index in [0.29, 0.717) is 19.0 Å². The van der Waals surface area contributed by atoms with Crippen molar-refractivity contribution in [1.29, 1.82) is 0 Å². The molecular formula is C12H16F3N3O2. The van der Waals surface area contributed by atoms with E-state index in [1.54, 1.807) is 12.5 Å². The van der Waals surface area contributed by atoms with Crippen LogP contribution in [0.4, 0.5) is 18.0 Å². The molecule has 2 rings (SSSR count). The second-order valence-electron chi connectivity index (χ2n) is 4.86. The lowest BCUT2D eigenvalue weighted by molar-refractivity contribution is -0.162. The van der Waals surface area contributed by atoms with Gasteiger partial charge >= 0.3 is 12.3 Å². The van der Waals surface area contributed by atoms with Crippen molar-refractivity contribution in [1.82, 2.24) is 14.5 Å². The van der Waals surface area contributed by atoms with Gasteiger partial charge in [0.05, 0.1) is 6.33 Å². The summed E-state index contributed by atoms with van der Waals surface area (Å²) in [5.41, 5.74) is 0. The van der Waals surface area contributed by atoms with E-state index < -0.39 is 18.9 Å². The molecule has 1 saturated heterocycles. The second-order valence-corrected chi connectivity index (χ2v) is 4.86. The molecule has 0 aliphatic carbocycles. The fraction of sp³-hybridized carbons (Fsp3) is 0.667. The molecule has 1 amide bonds. The average molecular weight is 291 g/mol. The Morgan fingerprint density at radius 2 is 2.05 bits per heavy atom. The van der Waals surface area contributed by atoms with Gasteiger partial charge in [0.15, 0.2) is 6.61 Å². The number of halogens is 3. The van der Waals surface area contributed by atoms with Crippen LogP contribution >= 0.6 is 0 Å². The molecule has 0 unspecified atom stereocenters. The zero-order valence-electron chi connectivity index (χ0n) is 10.8. The highest BCUT2D eigenvalue weighted by molar-refractivity contribution is 5.67. The van der Waals surface area contributed by atoms with E-state index in [0.717, 1.165) is 19.4 Å². The van der Waals surface area contributed by atoms with Crippen LogP contribution in [0.5, 0.6) is 0 Å². The van der Waals surface area contributed by atoms with Crippen LogP contribution in [0.25, 0.3) is 0 Å². The molecule has 1 fully saturated rings. The zero-order valence-corrected chi connectivity index (χ0v) is 10.8.